The van der Waals surface area contributed by atoms with E-state index in [0.29, 0.717) is 17.6 Å². The van der Waals surface area contributed by atoms with Gasteiger partial charge in [0.2, 0.25) is 0 Å². The first kappa shape index (κ1) is 14.3. The van der Waals surface area contributed by atoms with Crippen LogP contribution in [0.1, 0.15) is 0 Å². The topological polar surface area (TPSA) is 21.3 Å². The molecule has 100 valence electrons. The first-order valence-corrected chi connectivity index (χ1v) is 7.31. The summed E-state index contributed by atoms with van der Waals surface area (Å²) >= 11 is 6.58. The molecular weight excluding hydrogens is 377 g/mol. The lowest BCUT2D eigenvalue weighted by Crippen LogP contribution is -2.11. The molecule has 0 saturated heterocycles. The highest BCUT2D eigenvalue weighted by atomic mass is 79.9. The summed E-state index contributed by atoms with van der Waals surface area (Å²) in [5.41, 5.74) is 1.00. The van der Waals surface area contributed by atoms with Gasteiger partial charge in [-0.25, -0.2) is 4.39 Å². The predicted octanol–water partition coefficient (Wildman–Crippen LogP) is 4.84. The molecule has 0 amide bonds. The lowest BCUT2D eigenvalue weighted by atomic mass is 10.3. The van der Waals surface area contributed by atoms with Gasteiger partial charge in [-0.15, -0.1) is 0 Å². The zero-order chi connectivity index (χ0) is 13.7. The van der Waals surface area contributed by atoms with Crippen LogP contribution < -0.4 is 10.1 Å². The largest absolute Gasteiger partial charge is 0.489 e. The van der Waals surface area contributed by atoms with E-state index in [0.717, 1.165) is 10.2 Å². The Bertz CT molecular complexity index is 546. The molecule has 2 aromatic rings. The molecule has 0 aromatic heterocycles. The van der Waals surface area contributed by atoms with Crippen LogP contribution in [0.15, 0.2) is 51.4 Å². The minimum atomic E-state index is -0.363. The molecule has 0 aliphatic heterocycles. The third kappa shape index (κ3) is 4.51. The summed E-state index contributed by atoms with van der Waals surface area (Å²) in [7, 11) is 0. The van der Waals surface area contributed by atoms with Crippen molar-refractivity contribution in [3.8, 4) is 5.75 Å². The molecule has 0 unspecified atom stereocenters. The highest BCUT2D eigenvalue weighted by molar-refractivity contribution is 9.10. The number of ether oxygens (including phenoxy) is 1. The van der Waals surface area contributed by atoms with Crippen molar-refractivity contribution in [3.63, 3.8) is 0 Å². The highest BCUT2D eigenvalue weighted by Crippen LogP contribution is 2.21. The van der Waals surface area contributed by atoms with Crippen molar-refractivity contribution in [2.24, 2.45) is 0 Å². The summed E-state index contributed by atoms with van der Waals surface area (Å²) in [5, 5.41) is 3.20. The minimum absolute atomic E-state index is 0.265. The zero-order valence-electron chi connectivity index (χ0n) is 10.00. The third-order valence-corrected chi connectivity index (χ3v) is 3.45. The van der Waals surface area contributed by atoms with Crippen molar-refractivity contribution in [2.75, 3.05) is 18.5 Å². The Morgan fingerprint density at radius 3 is 2.37 bits per heavy atom. The monoisotopic (exact) mass is 387 g/mol. The molecule has 0 heterocycles. The zero-order valence-corrected chi connectivity index (χ0v) is 13.2. The second-order valence-electron chi connectivity index (χ2n) is 3.86. The van der Waals surface area contributed by atoms with Crippen molar-refractivity contribution in [1.82, 2.24) is 0 Å². The Morgan fingerprint density at radius 1 is 1.00 bits per heavy atom. The fraction of sp³-hybridized carbons (Fsp3) is 0.143. The van der Waals surface area contributed by atoms with Crippen LogP contribution in [-0.2, 0) is 0 Å². The molecule has 19 heavy (non-hydrogen) atoms. The number of anilines is 1. The van der Waals surface area contributed by atoms with E-state index in [9.17, 15) is 4.39 Å². The molecule has 0 saturated carbocycles. The van der Waals surface area contributed by atoms with Gasteiger partial charge in [-0.2, -0.15) is 0 Å². The first-order chi connectivity index (χ1) is 9.15. The van der Waals surface area contributed by atoms with Gasteiger partial charge in [-0.1, -0.05) is 31.9 Å². The summed E-state index contributed by atoms with van der Waals surface area (Å²) in [5.74, 6) is -0.0983. The smallest absolute Gasteiger partial charge is 0.166 e. The fourth-order valence-electron chi connectivity index (χ4n) is 1.52. The number of rotatable bonds is 5. The van der Waals surface area contributed by atoms with E-state index in [1.54, 1.807) is 12.1 Å². The van der Waals surface area contributed by atoms with E-state index in [1.165, 1.54) is 6.07 Å². The average Bonchev–Trinajstić information content (AvgIpc) is 2.39. The van der Waals surface area contributed by atoms with E-state index in [-0.39, 0.29) is 11.6 Å². The number of hydrogen-bond acceptors (Lipinski definition) is 2. The summed E-state index contributed by atoms with van der Waals surface area (Å²) < 4.78 is 20.6. The van der Waals surface area contributed by atoms with Crippen molar-refractivity contribution in [2.45, 2.75) is 0 Å². The average molecular weight is 389 g/mol. The number of hydrogen-bond donors (Lipinski definition) is 1. The molecule has 5 heteroatoms. The molecule has 0 aliphatic carbocycles. The molecule has 0 fully saturated rings. The fourth-order valence-corrected chi connectivity index (χ4v) is 2.11. The standard InChI is InChI=1S/C14H12Br2FNO/c15-10-1-4-12(5-2-10)18-7-8-19-14-6-3-11(16)9-13(14)17/h1-6,9,18H,7-8H2. The van der Waals surface area contributed by atoms with Crippen LogP contribution in [-0.4, -0.2) is 13.2 Å². The summed E-state index contributed by atoms with van der Waals surface area (Å²) in [4.78, 5) is 0. The van der Waals surface area contributed by atoms with Crippen molar-refractivity contribution < 1.29 is 9.13 Å². The normalized spacial score (nSPS) is 10.3. The van der Waals surface area contributed by atoms with Gasteiger partial charge >= 0.3 is 0 Å². The second-order valence-corrected chi connectivity index (χ2v) is 5.69. The van der Waals surface area contributed by atoms with Crippen molar-refractivity contribution in [1.29, 1.82) is 0 Å². The molecule has 2 rings (SSSR count). The molecule has 2 nitrogen and oxygen atoms in total. The molecule has 0 radical (unpaired) electrons. The number of nitrogens with one attached hydrogen (secondary N) is 1. The van der Waals surface area contributed by atoms with Crippen molar-refractivity contribution in [3.05, 3.63) is 57.2 Å². The van der Waals surface area contributed by atoms with Gasteiger partial charge in [-0.05, 0) is 42.5 Å². The number of halogens is 3. The lowest BCUT2D eigenvalue weighted by molar-refractivity contribution is 0.315. The van der Waals surface area contributed by atoms with E-state index < -0.39 is 0 Å². The van der Waals surface area contributed by atoms with E-state index in [1.807, 2.05) is 24.3 Å². The molecule has 2 aromatic carbocycles. The Balaban J connectivity index is 1.79. The Labute approximate surface area is 128 Å². The maximum atomic E-state index is 13.5. The van der Waals surface area contributed by atoms with Crippen LogP contribution in [0.2, 0.25) is 0 Å². The van der Waals surface area contributed by atoms with Crippen LogP contribution in [0.5, 0.6) is 5.75 Å². The molecule has 0 atom stereocenters. The van der Waals surface area contributed by atoms with Gasteiger partial charge in [-0.3, -0.25) is 0 Å². The van der Waals surface area contributed by atoms with Crippen LogP contribution in [0.25, 0.3) is 0 Å². The van der Waals surface area contributed by atoms with Gasteiger partial charge in [0.1, 0.15) is 6.61 Å². The molecule has 1 N–H and O–H groups in total. The molecule has 0 spiro atoms. The first-order valence-electron chi connectivity index (χ1n) is 5.72. The molecule has 0 aliphatic rings. The summed E-state index contributed by atoms with van der Waals surface area (Å²) in [6.45, 7) is 1.01. The van der Waals surface area contributed by atoms with Gasteiger partial charge in [0, 0.05) is 21.2 Å². The van der Waals surface area contributed by atoms with Gasteiger partial charge < -0.3 is 10.1 Å². The molecule has 0 bridgehead atoms. The van der Waals surface area contributed by atoms with E-state index in [4.69, 9.17) is 4.74 Å². The maximum Gasteiger partial charge on any atom is 0.166 e. The lowest BCUT2D eigenvalue weighted by Gasteiger charge is -2.09. The van der Waals surface area contributed by atoms with Crippen LogP contribution in [0.3, 0.4) is 0 Å². The Morgan fingerprint density at radius 2 is 1.68 bits per heavy atom. The van der Waals surface area contributed by atoms with Gasteiger partial charge in [0.05, 0.1) is 0 Å². The van der Waals surface area contributed by atoms with E-state index in [2.05, 4.69) is 37.2 Å². The molecular formula is C14H12Br2FNO. The number of benzene rings is 2. The van der Waals surface area contributed by atoms with Crippen LogP contribution in [0.4, 0.5) is 10.1 Å². The predicted molar refractivity (Wildman–Crippen MR) is 82.2 cm³/mol. The maximum absolute atomic E-state index is 13.5. The van der Waals surface area contributed by atoms with Crippen LogP contribution in [0, 0.1) is 5.82 Å². The third-order valence-electron chi connectivity index (χ3n) is 2.43. The van der Waals surface area contributed by atoms with Gasteiger partial charge in [0.25, 0.3) is 0 Å². The van der Waals surface area contributed by atoms with Crippen molar-refractivity contribution >= 4 is 37.5 Å². The summed E-state index contributed by atoms with van der Waals surface area (Å²) in [6, 6.07) is 12.6. The SMILES string of the molecule is Fc1cc(Br)ccc1OCCNc1ccc(Br)cc1. The minimum Gasteiger partial charge on any atom is -0.489 e. The van der Waals surface area contributed by atoms with E-state index >= 15 is 0 Å². The van der Waals surface area contributed by atoms with Gasteiger partial charge in [0.15, 0.2) is 11.6 Å². The Kier molecular flexibility index (Phi) is 5.22. The highest BCUT2D eigenvalue weighted by Gasteiger charge is 2.03. The quantitative estimate of drug-likeness (QED) is 0.740. The summed E-state index contributed by atoms with van der Waals surface area (Å²) in [6.07, 6.45) is 0. The Hall–Kier alpha value is -1.07. The van der Waals surface area contributed by atoms with Crippen LogP contribution >= 0.6 is 31.9 Å². The second kappa shape index (κ2) is 6.91.